The minimum absolute atomic E-state index is 0.340. The molecule has 2 heterocycles. The first kappa shape index (κ1) is 15.3. The van der Waals surface area contributed by atoms with Crippen LogP contribution in [0.15, 0.2) is 43.0 Å². The summed E-state index contributed by atoms with van der Waals surface area (Å²) in [5.74, 6) is 0.648. The predicted molar refractivity (Wildman–Crippen MR) is 95.2 cm³/mol. The first-order valence-corrected chi connectivity index (χ1v) is 9.09. The third kappa shape index (κ3) is 2.53. The zero-order valence-electron chi connectivity index (χ0n) is 13.8. The van der Waals surface area contributed by atoms with Gasteiger partial charge in [-0.05, 0) is 36.2 Å². The lowest BCUT2D eigenvalue weighted by Crippen LogP contribution is -2.11. The molecule has 0 spiro atoms. The minimum Gasteiger partial charge on any atom is -0.376 e. The van der Waals surface area contributed by atoms with Crippen molar-refractivity contribution >= 4 is 22.8 Å². The molecule has 3 atom stereocenters. The van der Waals surface area contributed by atoms with Crippen molar-refractivity contribution in [3.05, 3.63) is 53.7 Å². The lowest BCUT2D eigenvalue weighted by molar-refractivity contribution is 0.0750. The van der Waals surface area contributed by atoms with Crippen LogP contribution in [0, 0.1) is 11.3 Å². The Morgan fingerprint density at radius 2 is 2.08 bits per heavy atom. The highest BCUT2D eigenvalue weighted by atomic mass is 35.5. The van der Waals surface area contributed by atoms with E-state index in [0.29, 0.717) is 34.7 Å². The molecule has 2 aliphatic rings. The summed E-state index contributed by atoms with van der Waals surface area (Å²) in [4.78, 5) is 12.8. The molecule has 25 heavy (non-hydrogen) atoms. The highest BCUT2D eigenvalue weighted by Gasteiger charge is 2.62. The number of hydrogen-bond donors (Lipinski definition) is 0. The molecule has 0 bridgehead atoms. The standard InChI is InChI=1S/C19H19ClN4O/c20-17-16-18(22-11-21-17)24(12-23-16)15-6-7-19(8-14(15)19)10-25-9-13-4-2-1-3-5-13/h1-5,11-12,14-15H,6-10H2/t14-,15+,19-/m1/s1. The topological polar surface area (TPSA) is 52.8 Å². The normalized spacial score (nSPS) is 27.6. The van der Waals surface area contributed by atoms with E-state index in [1.54, 1.807) is 0 Å². The molecule has 0 aliphatic heterocycles. The van der Waals surface area contributed by atoms with Gasteiger partial charge >= 0.3 is 0 Å². The molecule has 0 amide bonds. The van der Waals surface area contributed by atoms with Crippen LogP contribution < -0.4 is 0 Å². The fourth-order valence-electron chi connectivity index (χ4n) is 4.43. The molecule has 3 aromatic rings. The van der Waals surface area contributed by atoms with Gasteiger partial charge in [0.05, 0.1) is 19.5 Å². The van der Waals surface area contributed by atoms with Crippen LogP contribution in [0.3, 0.4) is 0 Å². The summed E-state index contributed by atoms with van der Waals surface area (Å²) in [6.07, 6.45) is 6.96. The van der Waals surface area contributed by atoms with Gasteiger partial charge in [0.25, 0.3) is 0 Å². The van der Waals surface area contributed by atoms with Crippen molar-refractivity contribution < 1.29 is 4.74 Å². The van der Waals surface area contributed by atoms with Crippen LogP contribution in [0.5, 0.6) is 0 Å². The number of aromatic nitrogens is 4. The summed E-state index contributed by atoms with van der Waals surface area (Å²) in [7, 11) is 0. The van der Waals surface area contributed by atoms with Crippen LogP contribution in [0.25, 0.3) is 11.2 Å². The van der Waals surface area contributed by atoms with E-state index in [1.807, 2.05) is 12.4 Å². The van der Waals surface area contributed by atoms with Crippen LogP contribution in [-0.2, 0) is 11.3 Å². The molecule has 5 nitrogen and oxygen atoms in total. The van der Waals surface area contributed by atoms with Crippen LogP contribution in [0.1, 0.15) is 30.9 Å². The van der Waals surface area contributed by atoms with Crippen molar-refractivity contribution in [2.45, 2.75) is 31.9 Å². The molecule has 5 rings (SSSR count). The number of nitrogens with zero attached hydrogens (tertiary/aromatic N) is 4. The van der Waals surface area contributed by atoms with Gasteiger partial charge in [-0.2, -0.15) is 0 Å². The summed E-state index contributed by atoms with van der Waals surface area (Å²) in [6.45, 7) is 1.53. The fourth-order valence-corrected chi connectivity index (χ4v) is 4.61. The number of fused-ring (bicyclic) bond motifs is 2. The number of imidazole rings is 1. The van der Waals surface area contributed by atoms with E-state index in [2.05, 4.69) is 43.8 Å². The summed E-state index contributed by atoms with van der Waals surface area (Å²) in [5.41, 5.74) is 3.12. The number of hydrogen-bond acceptors (Lipinski definition) is 4. The highest BCUT2D eigenvalue weighted by molar-refractivity contribution is 6.33. The van der Waals surface area contributed by atoms with E-state index >= 15 is 0 Å². The Morgan fingerprint density at radius 1 is 1.20 bits per heavy atom. The third-order valence-electron chi connectivity index (χ3n) is 5.83. The van der Waals surface area contributed by atoms with Crippen molar-refractivity contribution in [1.82, 2.24) is 19.5 Å². The van der Waals surface area contributed by atoms with Crippen molar-refractivity contribution in [2.24, 2.45) is 11.3 Å². The van der Waals surface area contributed by atoms with Gasteiger partial charge in [-0.1, -0.05) is 41.9 Å². The first-order valence-electron chi connectivity index (χ1n) is 8.72. The van der Waals surface area contributed by atoms with Crippen molar-refractivity contribution in [2.75, 3.05) is 6.61 Å². The molecule has 0 N–H and O–H groups in total. The van der Waals surface area contributed by atoms with Gasteiger partial charge in [0.2, 0.25) is 0 Å². The largest absolute Gasteiger partial charge is 0.376 e. The maximum Gasteiger partial charge on any atom is 0.165 e. The van der Waals surface area contributed by atoms with Crippen LogP contribution in [0.4, 0.5) is 0 Å². The number of rotatable bonds is 5. The summed E-state index contributed by atoms with van der Waals surface area (Å²) in [6, 6.07) is 10.8. The van der Waals surface area contributed by atoms with E-state index in [1.165, 1.54) is 24.7 Å². The highest BCUT2D eigenvalue weighted by Crippen LogP contribution is 2.67. The molecule has 2 fully saturated rings. The van der Waals surface area contributed by atoms with E-state index in [0.717, 1.165) is 18.7 Å². The molecule has 2 saturated carbocycles. The molecule has 128 valence electrons. The monoisotopic (exact) mass is 354 g/mol. The Bertz CT molecular complexity index is 912. The minimum atomic E-state index is 0.340. The Kier molecular flexibility index (Phi) is 3.54. The smallest absolute Gasteiger partial charge is 0.165 e. The molecule has 0 saturated heterocycles. The van der Waals surface area contributed by atoms with E-state index < -0.39 is 0 Å². The molecular formula is C19H19ClN4O. The first-order chi connectivity index (χ1) is 12.3. The third-order valence-corrected chi connectivity index (χ3v) is 6.10. The zero-order valence-corrected chi connectivity index (χ0v) is 14.6. The lowest BCUT2D eigenvalue weighted by Gasteiger charge is -2.13. The second kappa shape index (κ2) is 5.78. The molecular weight excluding hydrogens is 336 g/mol. The van der Waals surface area contributed by atoms with Gasteiger partial charge in [0, 0.05) is 6.04 Å². The quantitative estimate of drug-likeness (QED) is 0.649. The van der Waals surface area contributed by atoms with E-state index in [-0.39, 0.29) is 0 Å². The average molecular weight is 355 g/mol. The SMILES string of the molecule is Clc1ncnc2c1ncn2[C@H]1CC[C@]2(COCc3ccccc3)C[C@H]12. The summed E-state index contributed by atoms with van der Waals surface area (Å²) >= 11 is 6.13. The van der Waals surface area contributed by atoms with Crippen molar-refractivity contribution in [1.29, 1.82) is 0 Å². The van der Waals surface area contributed by atoms with Crippen LogP contribution >= 0.6 is 11.6 Å². The van der Waals surface area contributed by atoms with Gasteiger partial charge in [-0.15, -0.1) is 0 Å². The Morgan fingerprint density at radius 3 is 2.92 bits per heavy atom. The second-order valence-electron chi connectivity index (χ2n) is 7.25. The van der Waals surface area contributed by atoms with Gasteiger partial charge in [0.1, 0.15) is 11.8 Å². The van der Waals surface area contributed by atoms with Gasteiger partial charge in [-0.3, -0.25) is 0 Å². The molecule has 6 heteroatoms. The molecule has 2 aromatic heterocycles. The summed E-state index contributed by atoms with van der Waals surface area (Å²) in [5, 5.41) is 0.426. The van der Waals surface area contributed by atoms with Gasteiger partial charge < -0.3 is 9.30 Å². The maximum absolute atomic E-state index is 6.13. The fraction of sp³-hybridized carbons (Fsp3) is 0.421. The van der Waals surface area contributed by atoms with E-state index in [4.69, 9.17) is 16.3 Å². The average Bonchev–Trinajstić information content (AvgIpc) is 2.99. The van der Waals surface area contributed by atoms with E-state index in [9.17, 15) is 0 Å². The predicted octanol–water partition coefficient (Wildman–Crippen LogP) is 4.04. The number of benzene rings is 1. The Balaban J connectivity index is 1.29. The van der Waals surface area contributed by atoms with Crippen molar-refractivity contribution in [3.8, 4) is 0 Å². The van der Waals surface area contributed by atoms with Crippen LogP contribution in [-0.4, -0.2) is 26.1 Å². The number of halogens is 1. The Labute approximate surface area is 151 Å². The summed E-state index contributed by atoms with van der Waals surface area (Å²) < 4.78 is 8.24. The molecule has 0 radical (unpaired) electrons. The van der Waals surface area contributed by atoms with Crippen molar-refractivity contribution in [3.63, 3.8) is 0 Å². The maximum atomic E-state index is 6.13. The zero-order chi connectivity index (χ0) is 16.9. The lowest BCUT2D eigenvalue weighted by atomic mass is 10.1. The van der Waals surface area contributed by atoms with Gasteiger partial charge in [-0.25, -0.2) is 15.0 Å². The molecule has 2 aliphatic carbocycles. The molecule has 1 aromatic carbocycles. The number of ether oxygens (including phenoxy) is 1. The second-order valence-corrected chi connectivity index (χ2v) is 7.60. The van der Waals surface area contributed by atoms with Gasteiger partial charge in [0.15, 0.2) is 10.8 Å². The molecule has 0 unspecified atom stereocenters. The van der Waals surface area contributed by atoms with Crippen LogP contribution in [0.2, 0.25) is 5.15 Å². The Hall–Kier alpha value is -1.98.